The van der Waals surface area contributed by atoms with Crippen LogP contribution in [0.15, 0.2) is 18.2 Å². The number of hydrogen-bond donors (Lipinski definition) is 1. The first-order chi connectivity index (χ1) is 8.61. The lowest BCUT2D eigenvalue weighted by molar-refractivity contribution is -0.0334. The molecular formula is C14H21FN2O. The molecule has 1 aromatic rings. The van der Waals surface area contributed by atoms with Gasteiger partial charge in [0.05, 0.1) is 12.7 Å². The van der Waals surface area contributed by atoms with Crippen LogP contribution in [-0.2, 0) is 4.74 Å². The van der Waals surface area contributed by atoms with E-state index in [0.717, 1.165) is 24.2 Å². The fourth-order valence-electron chi connectivity index (χ4n) is 2.57. The highest BCUT2D eigenvalue weighted by Gasteiger charge is 2.25. The summed E-state index contributed by atoms with van der Waals surface area (Å²) in [6, 6.07) is 4.99. The molecule has 0 amide bonds. The molecule has 0 radical (unpaired) electrons. The predicted octanol–water partition coefficient (Wildman–Crippen LogP) is 1.85. The van der Waals surface area contributed by atoms with E-state index < -0.39 is 0 Å². The third-order valence-corrected chi connectivity index (χ3v) is 3.54. The van der Waals surface area contributed by atoms with E-state index in [1.54, 1.807) is 6.07 Å². The van der Waals surface area contributed by atoms with Crippen molar-refractivity contribution in [2.24, 2.45) is 5.73 Å². The number of halogens is 1. The van der Waals surface area contributed by atoms with Gasteiger partial charge in [-0.2, -0.15) is 0 Å². The van der Waals surface area contributed by atoms with Crippen LogP contribution in [0.4, 0.5) is 4.39 Å². The molecule has 1 saturated heterocycles. The van der Waals surface area contributed by atoms with E-state index >= 15 is 0 Å². The largest absolute Gasteiger partial charge is 0.376 e. The second-order valence-electron chi connectivity index (χ2n) is 4.93. The van der Waals surface area contributed by atoms with Gasteiger partial charge in [-0.15, -0.1) is 0 Å². The normalized spacial score (nSPS) is 23.0. The maximum absolute atomic E-state index is 13.4. The number of aryl methyl sites for hydroxylation is 1. The number of nitrogens with zero attached hydrogens (tertiary/aromatic N) is 1. The third-order valence-electron chi connectivity index (χ3n) is 3.54. The van der Waals surface area contributed by atoms with Gasteiger partial charge in [-0.05, 0) is 37.1 Å². The van der Waals surface area contributed by atoms with E-state index in [9.17, 15) is 4.39 Å². The van der Waals surface area contributed by atoms with Crippen LogP contribution in [0.2, 0.25) is 0 Å². The molecule has 0 aliphatic carbocycles. The Morgan fingerprint density at radius 1 is 1.56 bits per heavy atom. The van der Waals surface area contributed by atoms with Gasteiger partial charge in [0.2, 0.25) is 0 Å². The van der Waals surface area contributed by atoms with Crippen LogP contribution in [0.3, 0.4) is 0 Å². The minimum atomic E-state index is -0.199. The average Bonchev–Trinajstić information content (AvgIpc) is 2.35. The Morgan fingerprint density at radius 2 is 2.33 bits per heavy atom. The molecule has 0 saturated carbocycles. The molecule has 2 rings (SSSR count). The van der Waals surface area contributed by atoms with E-state index in [4.69, 9.17) is 10.5 Å². The molecule has 0 spiro atoms. The minimum absolute atomic E-state index is 0.0760. The van der Waals surface area contributed by atoms with Crippen LogP contribution in [-0.4, -0.2) is 37.2 Å². The van der Waals surface area contributed by atoms with Crippen molar-refractivity contribution >= 4 is 0 Å². The van der Waals surface area contributed by atoms with E-state index in [2.05, 4.69) is 11.8 Å². The topological polar surface area (TPSA) is 38.5 Å². The molecule has 1 aliphatic heterocycles. The number of nitrogens with two attached hydrogens (primary N) is 1. The van der Waals surface area contributed by atoms with Gasteiger partial charge in [0.15, 0.2) is 0 Å². The maximum Gasteiger partial charge on any atom is 0.123 e. The van der Waals surface area contributed by atoms with Gasteiger partial charge in [0, 0.05) is 25.7 Å². The first-order valence-corrected chi connectivity index (χ1v) is 6.43. The molecule has 3 nitrogen and oxygen atoms in total. The Bertz CT molecular complexity index is 411. The predicted molar refractivity (Wildman–Crippen MR) is 69.9 cm³/mol. The second-order valence-corrected chi connectivity index (χ2v) is 4.93. The number of morpholine rings is 1. The van der Waals surface area contributed by atoms with Crippen molar-refractivity contribution in [2.75, 3.05) is 26.2 Å². The van der Waals surface area contributed by atoms with Gasteiger partial charge in [0.25, 0.3) is 0 Å². The summed E-state index contributed by atoms with van der Waals surface area (Å²) in [6.07, 6.45) is 0.210. The Balaban J connectivity index is 2.24. The highest BCUT2D eigenvalue weighted by molar-refractivity contribution is 5.30. The lowest BCUT2D eigenvalue weighted by atomic mass is 9.99. The molecule has 18 heavy (non-hydrogen) atoms. The van der Waals surface area contributed by atoms with Crippen molar-refractivity contribution < 1.29 is 9.13 Å². The summed E-state index contributed by atoms with van der Waals surface area (Å²) in [5, 5.41) is 0. The van der Waals surface area contributed by atoms with Gasteiger partial charge in [-0.25, -0.2) is 4.39 Å². The van der Waals surface area contributed by atoms with Crippen LogP contribution < -0.4 is 5.73 Å². The zero-order valence-electron chi connectivity index (χ0n) is 11.0. The van der Waals surface area contributed by atoms with Crippen molar-refractivity contribution in [2.45, 2.75) is 26.0 Å². The van der Waals surface area contributed by atoms with Crippen molar-refractivity contribution in [1.82, 2.24) is 4.90 Å². The summed E-state index contributed by atoms with van der Waals surface area (Å²) in [5.74, 6) is -0.199. The molecule has 4 heteroatoms. The van der Waals surface area contributed by atoms with Gasteiger partial charge in [-0.1, -0.05) is 6.07 Å². The van der Waals surface area contributed by atoms with E-state index in [-0.39, 0.29) is 18.0 Å². The second kappa shape index (κ2) is 5.78. The fourth-order valence-corrected chi connectivity index (χ4v) is 2.57. The summed E-state index contributed by atoms with van der Waals surface area (Å²) in [7, 11) is 0. The molecule has 1 heterocycles. The molecule has 1 fully saturated rings. The Kier molecular flexibility index (Phi) is 4.32. The summed E-state index contributed by atoms with van der Waals surface area (Å²) >= 11 is 0. The van der Waals surface area contributed by atoms with Crippen LogP contribution in [0.25, 0.3) is 0 Å². The molecular weight excluding hydrogens is 231 g/mol. The molecule has 1 aliphatic rings. The van der Waals surface area contributed by atoms with Crippen LogP contribution in [0.5, 0.6) is 0 Å². The van der Waals surface area contributed by atoms with Gasteiger partial charge < -0.3 is 10.5 Å². The van der Waals surface area contributed by atoms with Gasteiger partial charge >= 0.3 is 0 Å². The maximum atomic E-state index is 13.4. The molecule has 2 N–H and O–H groups in total. The number of ether oxygens (including phenoxy) is 1. The Labute approximate surface area is 108 Å². The van der Waals surface area contributed by atoms with Crippen LogP contribution >= 0.6 is 0 Å². The first-order valence-electron chi connectivity index (χ1n) is 6.43. The standard InChI is InChI=1S/C14H21FN2O/c1-10-3-4-12(15)7-13(10)14(8-16)17-5-6-18-11(2)9-17/h3-4,7,11,14H,5-6,8-9,16H2,1-2H3. The summed E-state index contributed by atoms with van der Waals surface area (Å²) in [4.78, 5) is 2.29. The third kappa shape index (κ3) is 2.88. The molecule has 0 aromatic heterocycles. The first kappa shape index (κ1) is 13.5. The van der Waals surface area contributed by atoms with Crippen LogP contribution in [0, 0.1) is 12.7 Å². The number of rotatable bonds is 3. The highest BCUT2D eigenvalue weighted by atomic mass is 19.1. The SMILES string of the molecule is Cc1ccc(F)cc1C(CN)N1CCOC(C)C1. The lowest BCUT2D eigenvalue weighted by Gasteiger charge is -2.37. The molecule has 0 bridgehead atoms. The van der Waals surface area contributed by atoms with Crippen molar-refractivity contribution in [3.05, 3.63) is 35.1 Å². The quantitative estimate of drug-likeness (QED) is 0.892. The summed E-state index contributed by atoms with van der Waals surface area (Å²) in [5.41, 5.74) is 7.98. The van der Waals surface area contributed by atoms with Gasteiger partial charge in [0.1, 0.15) is 5.82 Å². The molecule has 100 valence electrons. The zero-order chi connectivity index (χ0) is 13.1. The molecule has 2 atom stereocenters. The highest BCUT2D eigenvalue weighted by Crippen LogP contribution is 2.25. The van der Waals surface area contributed by atoms with Crippen LogP contribution in [0.1, 0.15) is 24.1 Å². The Morgan fingerprint density at radius 3 is 3.00 bits per heavy atom. The Hall–Kier alpha value is -0.970. The summed E-state index contributed by atoms with van der Waals surface area (Å²) < 4.78 is 18.9. The average molecular weight is 252 g/mol. The van der Waals surface area contributed by atoms with Gasteiger partial charge in [-0.3, -0.25) is 4.90 Å². The monoisotopic (exact) mass is 252 g/mol. The molecule has 2 unspecified atom stereocenters. The van der Waals surface area contributed by atoms with Crippen molar-refractivity contribution in [3.8, 4) is 0 Å². The zero-order valence-corrected chi connectivity index (χ0v) is 11.0. The number of hydrogen-bond acceptors (Lipinski definition) is 3. The minimum Gasteiger partial charge on any atom is -0.376 e. The van der Waals surface area contributed by atoms with E-state index in [1.165, 1.54) is 6.07 Å². The van der Waals surface area contributed by atoms with Crippen molar-refractivity contribution in [3.63, 3.8) is 0 Å². The molecule has 1 aromatic carbocycles. The van der Waals surface area contributed by atoms with E-state index in [1.807, 2.05) is 13.0 Å². The lowest BCUT2D eigenvalue weighted by Crippen LogP contribution is -2.45. The summed E-state index contributed by atoms with van der Waals surface area (Å²) in [6.45, 7) is 6.96. The van der Waals surface area contributed by atoms with Crippen molar-refractivity contribution in [1.29, 1.82) is 0 Å². The smallest absolute Gasteiger partial charge is 0.123 e. The number of benzene rings is 1. The van der Waals surface area contributed by atoms with E-state index in [0.29, 0.717) is 13.2 Å². The fraction of sp³-hybridized carbons (Fsp3) is 0.571.